The standard InChI is InChI=1S/C7H11NO2/c1-4-7(3,5-2)10-6(8)9/h4-5H,1-2H2,3H3,(H2,8,9). The number of primary amides is 1. The van der Waals surface area contributed by atoms with Crippen LogP contribution < -0.4 is 5.73 Å². The number of ether oxygens (including phenoxy) is 1. The molecule has 3 nitrogen and oxygen atoms in total. The lowest BCUT2D eigenvalue weighted by molar-refractivity contribution is 0.0985. The predicted molar refractivity (Wildman–Crippen MR) is 39.5 cm³/mol. The van der Waals surface area contributed by atoms with Crippen molar-refractivity contribution in [2.75, 3.05) is 0 Å². The zero-order chi connectivity index (χ0) is 8.20. The molecule has 0 aliphatic rings. The van der Waals surface area contributed by atoms with Gasteiger partial charge in [0.05, 0.1) is 0 Å². The summed E-state index contributed by atoms with van der Waals surface area (Å²) in [6.45, 7) is 8.54. The number of hydrogen-bond donors (Lipinski definition) is 1. The lowest BCUT2D eigenvalue weighted by Crippen LogP contribution is -2.29. The molecule has 1 amide bonds. The first-order chi connectivity index (χ1) is 4.54. The van der Waals surface area contributed by atoms with Gasteiger partial charge in [0, 0.05) is 0 Å². The summed E-state index contributed by atoms with van der Waals surface area (Å²) in [5.41, 5.74) is 3.93. The summed E-state index contributed by atoms with van der Waals surface area (Å²) in [6.07, 6.45) is 2.07. The van der Waals surface area contributed by atoms with Crippen molar-refractivity contribution in [1.82, 2.24) is 0 Å². The molecule has 0 saturated heterocycles. The van der Waals surface area contributed by atoms with Gasteiger partial charge >= 0.3 is 6.09 Å². The van der Waals surface area contributed by atoms with E-state index in [1.165, 1.54) is 12.2 Å². The van der Waals surface area contributed by atoms with Crippen molar-refractivity contribution in [3.63, 3.8) is 0 Å². The van der Waals surface area contributed by atoms with Crippen LogP contribution in [0.15, 0.2) is 25.3 Å². The smallest absolute Gasteiger partial charge is 0.405 e. The van der Waals surface area contributed by atoms with E-state index in [9.17, 15) is 4.79 Å². The van der Waals surface area contributed by atoms with Gasteiger partial charge in [0.1, 0.15) is 5.60 Å². The highest BCUT2D eigenvalue weighted by atomic mass is 16.6. The van der Waals surface area contributed by atoms with Crippen LogP contribution >= 0.6 is 0 Å². The first-order valence-corrected chi connectivity index (χ1v) is 2.79. The number of rotatable bonds is 3. The number of amides is 1. The van der Waals surface area contributed by atoms with Gasteiger partial charge in [0.15, 0.2) is 0 Å². The first kappa shape index (κ1) is 8.75. The minimum Gasteiger partial charge on any atom is -0.435 e. The Hall–Kier alpha value is -1.25. The molecule has 0 fully saturated rings. The fourth-order valence-electron chi connectivity index (χ4n) is 0.383. The Labute approximate surface area is 60.2 Å². The van der Waals surface area contributed by atoms with Gasteiger partial charge in [-0.05, 0) is 19.1 Å². The molecule has 56 valence electrons. The molecule has 0 aromatic carbocycles. The molecule has 0 aliphatic carbocycles. The van der Waals surface area contributed by atoms with Crippen molar-refractivity contribution >= 4 is 6.09 Å². The molecule has 0 saturated carbocycles. The molecule has 0 aromatic heterocycles. The van der Waals surface area contributed by atoms with Gasteiger partial charge < -0.3 is 10.5 Å². The topological polar surface area (TPSA) is 52.3 Å². The number of carbonyl (C=O) groups is 1. The monoisotopic (exact) mass is 141 g/mol. The van der Waals surface area contributed by atoms with Crippen LogP contribution in [0, 0.1) is 0 Å². The summed E-state index contributed by atoms with van der Waals surface area (Å²) in [6, 6.07) is 0. The van der Waals surface area contributed by atoms with Crippen molar-refractivity contribution in [3.8, 4) is 0 Å². The van der Waals surface area contributed by atoms with Crippen LogP contribution in [0.1, 0.15) is 6.92 Å². The van der Waals surface area contributed by atoms with Crippen LogP contribution in [0.5, 0.6) is 0 Å². The number of nitrogens with two attached hydrogens (primary N) is 1. The molecule has 0 aliphatic heterocycles. The van der Waals surface area contributed by atoms with Gasteiger partial charge in [0.25, 0.3) is 0 Å². The quantitative estimate of drug-likeness (QED) is 0.600. The summed E-state index contributed by atoms with van der Waals surface area (Å²) in [7, 11) is 0. The van der Waals surface area contributed by atoms with E-state index >= 15 is 0 Å². The van der Waals surface area contributed by atoms with E-state index in [-0.39, 0.29) is 0 Å². The second kappa shape index (κ2) is 3.06. The van der Waals surface area contributed by atoms with Gasteiger partial charge in [-0.1, -0.05) is 13.2 Å². The van der Waals surface area contributed by atoms with E-state index in [1.807, 2.05) is 0 Å². The van der Waals surface area contributed by atoms with Crippen LogP contribution in [-0.4, -0.2) is 11.7 Å². The minimum atomic E-state index is -0.841. The Balaban J connectivity index is 4.19. The third-order valence-corrected chi connectivity index (χ3v) is 1.13. The van der Waals surface area contributed by atoms with Crippen molar-refractivity contribution in [3.05, 3.63) is 25.3 Å². The lowest BCUT2D eigenvalue weighted by atomic mass is 10.1. The molecule has 0 rings (SSSR count). The molecule has 0 aromatic rings. The fourth-order valence-corrected chi connectivity index (χ4v) is 0.383. The van der Waals surface area contributed by atoms with Crippen LogP contribution in [0.2, 0.25) is 0 Å². The number of carbonyl (C=O) groups excluding carboxylic acids is 1. The molecule has 2 N–H and O–H groups in total. The SMILES string of the molecule is C=CC(C)(C=C)OC(N)=O. The molecule has 0 radical (unpaired) electrons. The summed E-state index contributed by atoms with van der Waals surface area (Å²) in [5.74, 6) is 0. The second-order valence-electron chi connectivity index (χ2n) is 2.01. The van der Waals surface area contributed by atoms with Gasteiger partial charge in [-0.3, -0.25) is 0 Å². The zero-order valence-corrected chi connectivity index (χ0v) is 5.96. The van der Waals surface area contributed by atoms with Gasteiger partial charge in [0.2, 0.25) is 0 Å². The summed E-state index contributed by atoms with van der Waals surface area (Å²) in [5, 5.41) is 0. The average molecular weight is 141 g/mol. The maximum Gasteiger partial charge on any atom is 0.405 e. The maximum atomic E-state index is 10.2. The van der Waals surface area contributed by atoms with Crippen molar-refractivity contribution < 1.29 is 9.53 Å². The molecule has 0 spiro atoms. The van der Waals surface area contributed by atoms with Crippen LogP contribution in [-0.2, 0) is 4.74 Å². The molecular weight excluding hydrogens is 130 g/mol. The van der Waals surface area contributed by atoms with E-state index in [1.54, 1.807) is 6.92 Å². The molecular formula is C7H11NO2. The van der Waals surface area contributed by atoms with E-state index in [0.29, 0.717) is 0 Å². The lowest BCUT2D eigenvalue weighted by Gasteiger charge is -2.19. The van der Waals surface area contributed by atoms with E-state index in [2.05, 4.69) is 17.9 Å². The minimum absolute atomic E-state index is 0.831. The Bertz CT molecular complexity index is 155. The molecule has 0 bridgehead atoms. The van der Waals surface area contributed by atoms with Crippen molar-refractivity contribution in [2.45, 2.75) is 12.5 Å². The van der Waals surface area contributed by atoms with Crippen molar-refractivity contribution in [2.24, 2.45) is 5.73 Å². The first-order valence-electron chi connectivity index (χ1n) is 2.79. The van der Waals surface area contributed by atoms with Crippen molar-refractivity contribution in [1.29, 1.82) is 0 Å². The highest BCUT2D eigenvalue weighted by Gasteiger charge is 2.18. The largest absolute Gasteiger partial charge is 0.435 e. The third kappa shape index (κ3) is 2.35. The molecule has 0 atom stereocenters. The highest BCUT2D eigenvalue weighted by Crippen LogP contribution is 2.11. The van der Waals surface area contributed by atoms with Crippen LogP contribution in [0.25, 0.3) is 0 Å². The molecule has 3 heteroatoms. The normalized spacial score (nSPS) is 10.1. The fraction of sp³-hybridized carbons (Fsp3) is 0.286. The molecule has 0 unspecified atom stereocenters. The van der Waals surface area contributed by atoms with E-state index in [4.69, 9.17) is 5.73 Å². The van der Waals surface area contributed by atoms with E-state index < -0.39 is 11.7 Å². The summed E-state index contributed by atoms with van der Waals surface area (Å²) in [4.78, 5) is 10.2. The van der Waals surface area contributed by atoms with Gasteiger partial charge in [-0.25, -0.2) is 4.79 Å². The predicted octanol–water partition coefficient (Wildman–Crippen LogP) is 1.21. The zero-order valence-electron chi connectivity index (χ0n) is 5.96. The average Bonchev–Trinajstić information content (AvgIpc) is 1.87. The van der Waals surface area contributed by atoms with Gasteiger partial charge in [-0.15, -0.1) is 0 Å². The third-order valence-electron chi connectivity index (χ3n) is 1.13. The van der Waals surface area contributed by atoms with Crippen LogP contribution in [0.3, 0.4) is 0 Å². The van der Waals surface area contributed by atoms with Crippen LogP contribution in [0.4, 0.5) is 4.79 Å². The Morgan fingerprint density at radius 3 is 2.10 bits per heavy atom. The molecule has 0 heterocycles. The summed E-state index contributed by atoms with van der Waals surface area (Å²) >= 11 is 0. The highest BCUT2D eigenvalue weighted by molar-refractivity contribution is 5.65. The summed E-state index contributed by atoms with van der Waals surface area (Å²) < 4.78 is 4.64. The maximum absolute atomic E-state index is 10.2. The van der Waals surface area contributed by atoms with E-state index in [0.717, 1.165) is 0 Å². The second-order valence-corrected chi connectivity index (χ2v) is 2.01. The number of hydrogen-bond acceptors (Lipinski definition) is 2. The Kier molecular flexibility index (Phi) is 2.67. The Morgan fingerprint density at radius 1 is 1.60 bits per heavy atom. The Morgan fingerprint density at radius 2 is 2.00 bits per heavy atom. The van der Waals surface area contributed by atoms with Gasteiger partial charge in [-0.2, -0.15) is 0 Å². The molecule has 10 heavy (non-hydrogen) atoms.